The minimum absolute atomic E-state index is 0.0337. The maximum Gasteiger partial charge on any atom is 0.339 e. The molecule has 0 saturated heterocycles. The molecule has 0 radical (unpaired) electrons. The summed E-state index contributed by atoms with van der Waals surface area (Å²) >= 11 is 1.63. The van der Waals surface area contributed by atoms with Crippen LogP contribution in [-0.2, 0) is 6.61 Å². The summed E-state index contributed by atoms with van der Waals surface area (Å²) in [7, 11) is 0. The van der Waals surface area contributed by atoms with Crippen molar-refractivity contribution in [2.45, 2.75) is 11.5 Å². The van der Waals surface area contributed by atoms with Crippen molar-refractivity contribution >= 4 is 17.7 Å². The van der Waals surface area contributed by atoms with Gasteiger partial charge in [-0.15, -0.1) is 11.8 Å². The number of carboxylic acid groups (broad SMARTS) is 1. The molecule has 1 N–H and O–H groups in total. The van der Waals surface area contributed by atoms with Crippen LogP contribution in [0.5, 0.6) is 5.75 Å². The number of rotatable bonds is 5. The van der Waals surface area contributed by atoms with Gasteiger partial charge in [0.25, 0.3) is 0 Å². The molecule has 2 rings (SSSR count). The molecule has 2 aromatic carbocycles. The smallest absolute Gasteiger partial charge is 0.339 e. The molecule has 0 bridgehead atoms. The van der Waals surface area contributed by atoms with Crippen LogP contribution >= 0.6 is 11.8 Å². The van der Waals surface area contributed by atoms with Gasteiger partial charge >= 0.3 is 5.97 Å². The van der Waals surface area contributed by atoms with Gasteiger partial charge in [-0.2, -0.15) is 0 Å². The van der Waals surface area contributed by atoms with E-state index in [0.29, 0.717) is 0 Å². The first kappa shape index (κ1) is 14.4. The Kier molecular flexibility index (Phi) is 4.63. The molecule has 0 amide bonds. The van der Waals surface area contributed by atoms with Crippen molar-refractivity contribution in [1.29, 1.82) is 0 Å². The molecule has 0 aliphatic heterocycles. The Morgan fingerprint density at radius 1 is 1.25 bits per heavy atom. The molecule has 0 atom stereocenters. The van der Waals surface area contributed by atoms with Gasteiger partial charge in [0.2, 0.25) is 0 Å². The minimum atomic E-state index is -1.14. The fraction of sp³-hybridized carbons (Fsp3) is 0.133. The zero-order valence-corrected chi connectivity index (χ0v) is 11.6. The van der Waals surface area contributed by atoms with E-state index in [1.807, 2.05) is 30.5 Å². The fourth-order valence-corrected chi connectivity index (χ4v) is 2.08. The van der Waals surface area contributed by atoms with Gasteiger partial charge in [-0.3, -0.25) is 0 Å². The zero-order chi connectivity index (χ0) is 14.5. The highest BCUT2D eigenvalue weighted by molar-refractivity contribution is 7.98. The molecule has 0 unspecified atom stereocenters. The normalized spacial score (nSPS) is 10.3. The first-order chi connectivity index (χ1) is 9.60. The van der Waals surface area contributed by atoms with Crippen LogP contribution in [0.4, 0.5) is 4.39 Å². The first-order valence-electron chi connectivity index (χ1n) is 5.88. The first-order valence-corrected chi connectivity index (χ1v) is 7.11. The maximum atomic E-state index is 13.2. The SMILES string of the molecule is CSc1ccc(COc2cc(F)ccc2C(=O)O)cc1. The van der Waals surface area contributed by atoms with Gasteiger partial charge in [-0.1, -0.05) is 12.1 Å². The van der Waals surface area contributed by atoms with E-state index in [4.69, 9.17) is 9.84 Å². The van der Waals surface area contributed by atoms with Gasteiger partial charge in [0, 0.05) is 11.0 Å². The summed E-state index contributed by atoms with van der Waals surface area (Å²) in [4.78, 5) is 12.2. The standard InChI is InChI=1S/C15H13FO3S/c1-20-12-5-2-10(3-6-12)9-19-14-8-11(16)4-7-13(14)15(17)18/h2-8H,9H2,1H3,(H,17,18). The third-order valence-corrected chi connectivity index (χ3v) is 3.47. The minimum Gasteiger partial charge on any atom is -0.488 e. The Morgan fingerprint density at radius 3 is 2.55 bits per heavy atom. The molecule has 0 aliphatic rings. The lowest BCUT2D eigenvalue weighted by atomic mass is 10.2. The molecule has 2 aromatic rings. The largest absolute Gasteiger partial charge is 0.488 e. The second-order valence-corrected chi connectivity index (χ2v) is 4.96. The molecule has 0 heterocycles. The lowest BCUT2D eigenvalue weighted by Crippen LogP contribution is -2.04. The van der Waals surface area contributed by atoms with Crippen LogP contribution in [0, 0.1) is 5.82 Å². The number of benzene rings is 2. The number of aromatic carboxylic acids is 1. The summed E-state index contributed by atoms with van der Waals surface area (Å²) in [5, 5.41) is 9.02. The summed E-state index contributed by atoms with van der Waals surface area (Å²) in [5.41, 5.74) is 0.843. The summed E-state index contributed by atoms with van der Waals surface area (Å²) in [5.74, 6) is -1.63. The van der Waals surface area contributed by atoms with Crippen molar-refractivity contribution in [3.63, 3.8) is 0 Å². The molecule has 0 aliphatic carbocycles. The second kappa shape index (κ2) is 6.43. The number of ether oxygens (including phenoxy) is 1. The van der Waals surface area contributed by atoms with Gasteiger partial charge < -0.3 is 9.84 Å². The van der Waals surface area contributed by atoms with E-state index in [1.165, 1.54) is 6.07 Å². The Morgan fingerprint density at radius 2 is 1.95 bits per heavy atom. The zero-order valence-electron chi connectivity index (χ0n) is 10.8. The highest BCUT2D eigenvalue weighted by Crippen LogP contribution is 2.22. The van der Waals surface area contributed by atoms with E-state index in [9.17, 15) is 9.18 Å². The molecule has 0 fully saturated rings. The Labute approximate surface area is 120 Å². The van der Waals surface area contributed by atoms with E-state index < -0.39 is 11.8 Å². The fourth-order valence-electron chi connectivity index (χ4n) is 1.68. The summed E-state index contributed by atoms with van der Waals surface area (Å²) in [6, 6.07) is 11.1. The number of halogens is 1. The van der Waals surface area contributed by atoms with E-state index in [-0.39, 0.29) is 17.9 Å². The van der Waals surface area contributed by atoms with Gasteiger partial charge in [0.1, 0.15) is 23.7 Å². The average molecular weight is 292 g/mol. The van der Waals surface area contributed by atoms with Gasteiger partial charge in [-0.25, -0.2) is 9.18 Å². The Bertz CT molecular complexity index is 611. The van der Waals surface area contributed by atoms with E-state index >= 15 is 0 Å². The predicted octanol–water partition coefficient (Wildman–Crippen LogP) is 3.82. The van der Waals surface area contributed by atoms with Crippen molar-refractivity contribution in [3.8, 4) is 5.75 Å². The summed E-state index contributed by atoms with van der Waals surface area (Å²) < 4.78 is 18.6. The number of hydrogen-bond donors (Lipinski definition) is 1. The molecule has 20 heavy (non-hydrogen) atoms. The van der Waals surface area contributed by atoms with Crippen LogP contribution in [0.15, 0.2) is 47.4 Å². The lowest BCUT2D eigenvalue weighted by molar-refractivity contribution is 0.0691. The number of thioether (sulfide) groups is 1. The molecule has 0 aromatic heterocycles. The van der Waals surface area contributed by atoms with E-state index in [2.05, 4.69) is 0 Å². The van der Waals surface area contributed by atoms with Crippen LogP contribution in [-0.4, -0.2) is 17.3 Å². The van der Waals surface area contributed by atoms with Crippen molar-refractivity contribution in [3.05, 3.63) is 59.4 Å². The van der Waals surface area contributed by atoms with Crippen molar-refractivity contribution in [1.82, 2.24) is 0 Å². The lowest BCUT2D eigenvalue weighted by Gasteiger charge is -2.09. The highest BCUT2D eigenvalue weighted by atomic mass is 32.2. The van der Waals surface area contributed by atoms with Gasteiger partial charge in [0.05, 0.1) is 0 Å². The van der Waals surface area contributed by atoms with Crippen LogP contribution in [0.3, 0.4) is 0 Å². The summed E-state index contributed by atoms with van der Waals surface area (Å²) in [6.45, 7) is 0.193. The van der Waals surface area contributed by atoms with Gasteiger partial charge in [0.15, 0.2) is 0 Å². The van der Waals surface area contributed by atoms with Crippen molar-refractivity contribution < 1.29 is 19.0 Å². The Balaban J connectivity index is 2.13. The van der Waals surface area contributed by atoms with Crippen LogP contribution in [0.1, 0.15) is 15.9 Å². The maximum absolute atomic E-state index is 13.2. The number of carboxylic acids is 1. The highest BCUT2D eigenvalue weighted by Gasteiger charge is 2.12. The topological polar surface area (TPSA) is 46.5 Å². The van der Waals surface area contributed by atoms with E-state index in [0.717, 1.165) is 22.6 Å². The molecule has 104 valence electrons. The van der Waals surface area contributed by atoms with Crippen molar-refractivity contribution in [2.24, 2.45) is 0 Å². The molecular formula is C15H13FO3S. The average Bonchev–Trinajstić information content (AvgIpc) is 2.45. The molecule has 0 saturated carbocycles. The third-order valence-electron chi connectivity index (χ3n) is 2.73. The van der Waals surface area contributed by atoms with Crippen LogP contribution < -0.4 is 4.74 Å². The van der Waals surface area contributed by atoms with E-state index in [1.54, 1.807) is 11.8 Å². The van der Waals surface area contributed by atoms with Gasteiger partial charge in [-0.05, 0) is 36.1 Å². The molecule has 5 heteroatoms. The van der Waals surface area contributed by atoms with Crippen LogP contribution in [0.25, 0.3) is 0 Å². The van der Waals surface area contributed by atoms with Crippen LogP contribution in [0.2, 0.25) is 0 Å². The predicted molar refractivity (Wildman–Crippen MR) is 75.9 cm³/mol. The quantitative estimate of drug-likeness (QED) is 0.851. The third kappa shape index (κ3) is 3.51. The second-order valence-electron chi connectivity index (χ2n) is 4.08. The number of hydrogen-bond acceptors (Lipinski definition) is 3. The molecule has 3 nitrogen and oxygen atoms in total. The molecule has 0 spiro atoms. The monoisotopic (exact) mass is 292 g/mol. The Hall–Kier alpha value is -2.01. The van der Waals surface area contributed by atoms with Crippen molar-refractivity contribution in [2.75, 3.05) is 6.26 Å². The number of carbonyl (C=O) groups is 1. The summed E-state index contributed by atoms with van der Waals surface area (Å²) in [6.07, 6.45) is 1.98. The molecular weight excluding hydrogens is 279 g/mol.